The number of H-pyrrole nitrogens is 1. The van der Waals surface area contributed by atoms with E-state index in [9.17, 15) is 4.79 Å². The van der Waals surface area contributed by atoms with Crippen LogP contribution in [-0.2, 0) is 0 Å². The van der Waals surface area contributed by atoms with Crippen molar-refractivity contribution in [2.24, 2.45) is 0 Å². The summed E-state index contributed by atoms with van der Waals surface area (Å²) in [5, 5.41) is 15.6. The van der Waals surface area contributed by atoms with Crippen molar-refractivity contribution in [2.45, 2.75) is 26.7 Å². The third-order valence-corrected chi connectivity index (χ3v) is 3.02. The minimum Gasteiger partial charge on any atom is -0.476 e. The Morgan fingerprint density at radius 3 is 2.39 bits per heavy atom. The summed E-state index contributed by atoms with van der Waals surface area (Å²) in [6, 6.07) is 7.94. The van der Waals surface area contributed by atoms with Crippen LogP contribution < -0.4 is 0 Å². The third kappa shape index (κ3) is 2.14. The van der Waals surface area contributed by atoms with E-state index < -0.39 is 5.97 Å². The lowest BCUT2D eigenvalue weighted by Gasteiger charge is -2.07. The molecule has 0 aliphatic heterocycles. The molecule has 18 heavy (non-hydrogen) atoms. The van der Waals surface area contributed by atoms with E-state index in [-0.39, 0.29) is 5.69 Å². The first kappa shape index (κ1) is 12.4. The molecule has 1 heterocycles. The average Bonchev–Trinajstić information content (AvgIpc) is 2.71. The molecule has 94 valence electrons. The second-order valence-corrected chi connectivity index (χ2v) is 4.65. The summed E-state index contributed by atoms with van der Waals surface area (Å²) in [5.41, 5.74) is 3.62. The van der Waals surface area contributed by atoms with Crippen molar-refractivity contribution < 1.29 is 9.90 Å². The number of aryl methyl sites for hydroxylation is 1. The van der Waals surface area contributed by atoms with Crippen molar-refractivity contribution in [1.82, 2.24) is 10.2 Å². The van der Waals surface area contributed by atoms with Gasteiger partial charge in [-0.3, -0.25) is 5.10 Å². The van der Waals surface area contributed by atoms with E-state index in [4.69, 9.17) is 5.11 Å². The summed E-state index contributed by atoms with van der Waals surface area (Å²) >= 11 is 0. The monoisotopic (exact) mass is 244 g/mol. The lowest BCUT2D eigenvalue weighted by Crippen LogP contribution is -1.99. The maximum atomic E-state index is 11.1. The van der Waals surface area contributed by atoms with Crippen LogP contribution in [0.2, 0.25) is 0 Å². The summed E-state index contributed by atoms with van der Waals surface area (Å²) in [5.74, 6) is -0.550. The molecule has 0 aliphatic carbocycles. The number of carboxylic acid groups (broad SMARTS) is 1. The number of carbonyl (C=O) groups is 1. The van der Waals surface area contributed by atoms with Crippen molar-refractivity contribution in [3.05, 3.63) is 41.2 Å². The topological polar surface area (TPSA) is 66.0 Å². The number of benzene rings is 1. The van der Waals surface area contributed by atoms with Gasteiger partial charge in [0.05, 0.1) is 0 Å². The van der Waals surface area contributed by atoms with Crippen LogP contribution in [0.3, 0.4) is 0 Å². The zero-order valence-corrected chi connectivity index (χ0v) is 10.7. The quantitative estimate of drug-likeness (QED) is 0.871. The van der Waals surface area contributed by atoms with Gasteiger partial charge in [-0.25, -0.2) is 4.79 Å². The van der Waals surface area contributed by atoms with Crippen LogP contribution in [0.5, 0.6) is 0 Å². The van der Waals surface area contributed by atoms with Crippen LogP contribution in [0.15, 0.2) is 24.3 Å². The minimum atomic E-state index is -1.01. The molecule has 0 amide bonds. The summed E-state index contributed by atoms with van der Waals surface area (Å²) in [4.78, 5) is 11.1. The van der Waals surface area contributed by atoms with Gasteiger partial charge in [0.2, 0.25) is 0 Å². The van der Waals surface area contributed by atoms with E-state index >= 15 is 0 Å². The molecule has 4 nitrogen and oxygen atoms in total. The van der Waals surface area contributed by atoms with Gasteiger partial charge in [0.25, 0.3) is 0 Å². The molecule has 1 aromatic carbocycles. The molecule has 4 heteroatoms. The van der Waals surface area contributed by atoms with Crippen LogP contribution in [-0.4, -0.2) is 21.3 Å². The number of carboxylic acids is 1. The second kappa shape index (κ2) is 4.64. The molecular formula is C14H16N2O2. The molecule has 0 radical (unpaired) electrons. The largest absolute Gasteiger partial charge is 0.476 e. The molecule has 0 atom stereocenters. The van der Waals surface area contributed by atoms with Gasteiger partial charge in [-0.1, -0.05) is 38.1 Å². The molecule has 0 saturated carbocycles. The number of aromatic amines is 1. The van der Waals surface area contributed by atoms with Gasteiger partial charge >= 0.3 is 5.97 Å². The van der Waals surface area contributed by atoms with E-state index in [2.05, 4.69) is 24.0 Å². The van der Waals surface area contributed by atoms with Crippen LogP contribution in [0.4, 0.5) is 0 Å². The third-order valence-electron chi connectivity index (χ3n) is 3.02. The Bertz CT molecular complexity index is 568. The normalized spacial score (nSPS) is 10.9. The Morgan fingerprint density at radius 1 is 1.28 bits per heavy atom. The molecule has 0 fully saturated rings. The Hall–Kier alpha value is -2.10. The maximum absolute atomic E-state index is 11.1. The highest BCUT2D eigenvalue weighted by molar-refractivity contribution is 5.94. The molecule has 0 unspecified atom stereocenters. The molecule has 2 rings (SSSR count). The summed E-state index contributed by atoms with van der Waals surface area (Å²) < 4.78 is 0. The predicted molar refractivity (Wildman–Crippen MR) is 69.8 cm³/mol. The first-order valence-corrected chi connectivity index (χ1v) is 5.89. The standard InChI is InChI=1S/C14H16N2O2/c1-8(2)10-4-6-11(7-5-10)12-9(3)15-16-13(12)14(17)18/h4-8H,1-3H3,(H,15,16)(H,17,18). The van der Waals surface area contributed by atoms with Crippen LogP contribution in [0.25, 0.3) is 11.1 Å². The number of hydrogen-bond donors (Lipinski definition) is 2. The highest BCUT2D eigenvalue weighted by atomic mass is 16.4. The minimum absolute atomic E-state index is 0.0739. The van der Waals surface area contributed by atoms with E-state index in [1.165, 1.54) is 5.56 Å². The molecule has 2 N–H and O–H groups in total. The van der Waals surface area contributed by atoms with Crippen molar-refractivity contribution in [3.63, 3.8) is 0 Å². The fourth-order valence-corrected chi connectivity index (χ4v) is 1.97. The first-order valence-electron chi connectivity index (χ1n) is 5.89. The average molecular weight is 244 g/mol. The molecular weight excluding hydrogens is 228 g/mol. The maximum Gasteiger partial charge on any atom is 0.357 e. The van der Waals surface area contributed by atoms with Gasteiger partial charge in [0, 0.05) is 11.3 Å². The van der Waals surface area contributed by atoms with E-state index in [0.29, 0.717) is 11.5 Å². The first-order chi connectivity index (χ1) is 8.50. The second-order valence-electron chi connectivity index (χ2n) is 4.65. The predicted octanol–water partition coefficient (Wildman–Crippen LogP) is 3.21. The lowest BCUT2D eigenvalue weighted by molar-refractivity contribution is 0.0691. The zero-order valence-electron chi connectivity index (χ0n) is 10.7. The van der Waals surface area contributed by atoms with E-state index in [1.54, 1.807) is 0 Å². The molecule has 2 aromatic rings. The van der Waals surface area contributed by atoms with Gasteiger partial charge in [-0.15, -0.1) is 0 Å². The highest BCUT2D eigenvalue weighted by Gasteiger charge is 2.18. The molecule has 0 saturated heterocycles. The summed E-state index contributed by atoms with van der Waals surface area (Å²) in [6.45, 7) is 6.08. The number of rotatable bonds is 3. The SMILES string of the molecule is Cc1[nH]nc(C(=O)O)c1-c1ccc(C(C)C)cc1. The van der Waals surface area contributed by atoms with Gasteiger partial charge in [0.15, 0.2) is 5.69 Å². The van der Waals surface area contributed by atoms with Gasteiger partial charge in [-0.2, -0.15) is 5.10 Å². The van der Waals surface area contributed by atoms with Crippen molar-refractivity contribution in [1.29, 1.82) is 0 Å². The van der Waals surface area contributed by atoms with E-state index in [0.717, 1.165) is 11.3 Å². The van der Waals surface area contributed by atoms with Crippen molar-refractivity contribution >= 4 is 5.97 Å². The number of nitrogens with one attached hydrogen (secondary N) is 1. The number of aromatic carboxylic acids is 1. The summed E-state index contributed by atoms with van der Waals surface area (Å²) in [7, 11) is 0. The summed E-state index contributed by atoms with van der Waals surface area (Å²) in [6.07, 6.45) is 0. The van der Waals surface area contributed by atoms with Crippen LogP contribution in [0.1, 0.15) is 41.5 Å². The van der Waals surface area contributed by atoms with Crippen molar-refractivity contribution in [2.75, 3.05) is 0 Å². The molecule has 1 aromatic heterocycles. The Morgan fingerprint density at radius 2 is 1.89 bits per heavy atom. The van der Waals surface area contributed by atoms with E-state index in [1.807, 2.05) is 31.2 Å². The van der Waals surface area contributed by atoms with Gasteiger partial charge in [0.1, 0.15) is 0 Å². The number of nitrogens with zero attached hydrogens (tertiary/aromatic N) is 1. The van der Waals surface area contributed by atoms with Gasteiger partial charge in [-0.05, 0) is 24.0 Å². The number of hydrogen-bond acceptors (Lipinski definition) is 2. The highest BCUT2D eigenvalue weighted by Crippen LogP contribution is 2.27. The fourth-order valence-electron chi connectivity index (χ4n) is 1.97. The van der Waals surface area contributed by atoms with Crippen LogP contribution in [0, 0.1) is 6.92 Å². The zero-order chi connectivity index (χ0) is 13.3. The molecule has 0 bridgehead atoms. The lowest BCUT2D eigenvalue weighted by atomic mass is 9.98. The Labute approximate surface area is 106 Å². The van der Waals surface area contributed by atoms with Crippen LogP contribution >= 0.6 is 0 Å². The van der Waals surface area contributed by atoms with Gasteiger partial charge < -0.3 is 5.11 Å². The molecule has 0 spiro atoms. The Balaban J connectivity index is 2.48. The number of aromatic nitrogens is 2. The van der Waals surface area contributed by atoms with Crippen molar-refractivity contribution in [3.8, 4) is 11.1 Å². The fraction of sp³-hybridized carbons (Fsp3) is 0.286. The smallest absolute Gasteiger partial charge is 0.357 e. The molecule has 0 aliphatic rings. The Kier molecular flexibility index (Phi) is 3.19.